The molecule has 0 bridgehead atoms. The molecule has 1 N–H and O–H groups in total. The maximum Gasteiger partial charge on any atom is 0.122 e. The summed E-state index contributed by atoms with van der Waals surface area (Å²) in [5.74, 6) is 1.55. The van der Waals surface area contributed by atoms with E-state index in [1.807, 2.05) is 0 Å². The third-order valence-corrected chi connectivity index (χ3v) is 6.09. The topological polar surface area (TPSA) is 39.1 Å². The van der Waals surface area contributed by atoms with Crippen molar-refractivity contribution in [3.8, 4) is 6.07 Å². The second kappa shape index (κ2) is 5.00. The van der Waals surface area contributed by atoms with Gasteiger partial charge >= 0.3 is 0 Å². The van der Waals surface area contributed by atoms with Crippen LogP contribution in [0, 0.1) is 23.2 Å². The molecule has 3 aliphatic carbocycles. The zero-order valence-electron chi connectivity index (χ0n) is 12.5. The quantitative estimate of drug-likeness (QED) is 0.837. The van der Waals surface area contributed by atoms with Gasteiger partial charge in [0.15, 0.2) is 0 Å². The van der Waals surface area contributed by atoms with E-state index in [9.17, 15) is 5.26 Å². The first-order valence-corrected chi connectivity index (χ1v) is 8.74. The van der Waals surface area contributed by atoms with Crippen molar-refractivity contribution in [2.45, 2.75) is 75.4 Å². The van der Waals surface area contributed by atoms with Crippen molar-refractivity contribution in [2.24, 2.45) is 11.8 Å². The van der Waals surface area contributed by atoms with Gasteiger partial charge in [0.05, 0.1) is 6.07 Å². The minimum atomic E-state index is -0.229. The predicted octanol–water partition coefficient (Wildman–Crippen LogP) is 2.68. The summed E-state index contributed by atoms with van der Waals surface area (Å²) in [5.41, 5.74) is -0.229. The Morgan fingerprint density at radius 3 is 2.55 bits per heavy atom. The average Bonchev–Trinajstić information content (AvgIpc) is 3.38. The van der Waals surface area contributed by atoms with E-state index in [1.165, 1.54) is 64.3 Å². The van der Waals surface area contributed by atoms with Crippen molar-refractivity contribution in [3.63, 3.8) is 0 Å². The minimum Gasteiger partial charge on any atom is -0.297 e. The summed E-state index contributed by atoms with van der Waals surface area (Å²) in [6.07, 6.45) is 12.1. The van der Waals surface area contributed by atoms with E-state index in [4.69, 9.17) is 0 Å². The van der Waals surface area contributed by atoms with Crippen molar-refractivity contribution >= 4 is 0 Å². The molecular weight excluding hydrogens is 246 g/mol. The third kappa shape index (κ3) is 2.38. The molecule has 0 aromatic rings. The van der Waals surface area contributed by atoms with E-state index in [2.05, 4.69) is 16.3 Å². The smallest absolute Gasteiger partial charge is 0.122 e. The molecule has 0 aromatic heterocycles. The Morgan fingerprint density at radius 2 is 1.85 bits per heavy atom. The molecule has 4 aliphatic rings. The van der Waals surface area contributed by atoms with Gasteiger partial charge in [0.1, 0.15) is 5.54 Å². The molecule has 1 aliphatic heterocycles. The monoisotopic (exact) mass is 273 g/mol. The SMILES string of the molecule is N#CC(CN1CCC2CCCCC21)(NC1CC1)C1CC1. The number of likely N-dealkylation sites (tertiary alicyclic amines) is 1. The van der Waals surface area contributed by atoms with Crippen LogP contribution in [0.1, 0.15) is 57.8 Å². The molecule has 0 spiro atoms. The third-order valence-electron chi connectivity index (χ3n) is 6.09. The van der Waals surface area contributed by atoms with Gasteiger partial charge in [-0.05, 0) is 63.3 Å². The summed E-state index contributed by atoms with van der Waals surface area (Å²) in [6, 6.07) is 4.15. The fourth-order valence-corrected chi connectivity index (χ4v) is 4.64. The van der Waals surface area contributed by atoms with Crippen LogP contribution in [0.4, 0.5) is 0 Å². The van der Waals surface area contributed by atoms with E-state index < -0.39 is 0 Å². The van der Waals surface area contributed by atoms with Gasteiger partial charge in [-0.25, -0.2) is 0 Å². The summed E-state index contributed by atoms with van der Waals surface area (Å²) in [7, 11) is 0. The molecular formula is C17H27N3. The van der Waals surface area contributed by atoms with E-state index in [-0.39, 0.29) is 5.54 Å². The van der Waals surface area contributed by atoms with Crippen molar-refractivity contribution in [1.29, 1.82) is 5.26 Å². The molecule has 110 valence electrons. The van der Waals surface area contributed by atoms with E-state index in [0.717, 1.165) is 18.5 Å². The molecule has 4 fully saturated rings. The molecule has 0 aromatic carbocycles. The first-order chi connectivity index (χ1) is 9.81. The molecule has 20 heavy (non-hydrogen) atoms. The van der Waals surface area contributed by atoms with Gasteiger partial charge in [0.2, 0.25) is 0 Å². The highest BCUT2D eigenvalue weighted by molar-refractivity contribution is 5.19. The summed E-state index contributed by atoms with van der Waals surface area (Å²) in [4.78, 5) is 2.68. The van der Waals surface area contributed by atoms with Crippen LogP contribution in [0.2, 0.25) is 0 Å². The zero-order chi connectivity index (χ0) is 13.6. The lowest BCUT2D eigenvalue weighted by atomic mass is 9.84. The Labute approximate surface area is 122 Å². The van der Waals surface area contributed by atoms with Gasteiger partial charge in [0, 0.05) is 18.6 Å². The highest BCUT2D eigenvalue weighted by Crippen LogP contribution is 2.44. The lowest BCUT2D eigenvalue weighted by molar-refractivity contribution is 0.141. The molecule has 3 atom stereocenters. The van der Waals surface area contributed by atoms with Gasteiger partial charge in [-0.15, -0.1) is 0 Å². The van der Waals surface area contributed by atoms with Crippen LogP contribution in [0.15, 0.2) is 0 Å². The van der Waals surface area contributed by atoms with Crippen molar-refractivity contribution in [3.05, 3.63) is 0 Å². The summed E-state index contributed by atoms with van der Waals surface area (Å²) >= 11 is 0. The Bertz CT molecular complexity index is 407. The lowest BCUT2D eigenvalue weighted by Gasteiger charge is -2.38. The fourth-order valence-electron chi connectivity index (χ4n) is 4.64. The normalized spacial score (nSPS) is 37.1. The van der Waals surface area contributed by atoms with Gasteiger partial charge in [0.25, 0.3) is 0 Å². The Kier molecular flexibility index (Phi) is 3.27. The van der Waals surface area contributed by atoms with Crippen LogP contribution in [0.25, 0.3) is 0 Å². The number of hydrogen-bond donors (Lipinski definition) is 1. The molecule has 3 nitrogen and oxygen atoms in total. The van der Waals surface area contributed by atoms with Crippen LogP contribution >= 0.6 is 0 Å². The van der Waals surface area contributed by atoms with E-state index >= 15 is 0 Å². The largest absolute Gasteiger partial charge is 0.297 e. The zero-order valence-corrected chi connectivity index (χ0v) is 12.5. The molecule has 0 radical (unpaired) electrons. The van der Waals surface area contributed by atoms with Crippen LogP contribution < -0.4 is 5.32 Å². The molecule has 3 unspecified atom stereocenters. The van der Waals surface area contributed by atoms with Crippen LogP contribution in [-0.4, -0.2) is 35.6 Å². The number of hydrogen-bond acceptors (Lipinski definition) is 3. The minimum absolute atomic E-state index is 0.229. The van der Waals surface area contributed by atoms with Crippen LogP contribution in [0.3, 0.4) is 0 Å². The first-order valence-electron chi connectivity index (χ1n) is 8.74. The van der Waals surface area contributed by atoms with Gasteiger partial charge in [-0.1, -0.05) is 12.8 Å². The van der Waals surface area contributed by atoms with E-state index in [1.54, 1.807) is 0 Å². The highest BCUT2D eigenvalue weighted by Gasteiger charge is 2.51. The number of nitrogens with zero attached hydrogens (tertiary/aromatic N) is 2. The Morgan fingerprint density at radius 1 is 1.05 bits per heavy atom. The van der Waals surface area contributed by atoms with Gasteiger partial charge in [-0.2, -0.15) is 5.26 Å². The summed E-state index contributed by atoms with van der Waals surface area (Å²) < 4.78 is 0. The van der Waals surface area contributed by atoms with Crippen molar-refractivity contribution in [1.82, 2.24) is 10.2 Å². The molecule has 1 saturated heterocycles. The Hall–Kier alpha value is -0.590. The number of rotatable bonds is 5. The standard InChI is InChI=1S/C17H27N3/c18-11-17(14-5-6-14,19-15-7-8-15)12-20-10-9-13-3-1-2-4-16(13)20/h13-16,19H,1-10,12H2. The predicted molar refractivity (Wildman–Crippen MR) is 79.2 cm³/mol. The summed E-state index contributed by atoms with van der Waals surface area (Å²) in [6.45, 7) is 2.23. The van der Waals surface area contributed by atoms with Crippen molar-refractivity contribution < 1.29 is 0 Å². The van der Waals surface area contributed by atoms with Gasteiger partial charge < -0.3 is 0 Å². The first kappa shape index (κ1) is 13.1. The molecule has 0 amide bonds. The van der Waals surface area contributed by atoms with Gasteiger partial charge in [-0.3, -0.25) is 10.2 Å². The Balaban J connectivity index is 1.48. The van der Waals surface area contributed by atoms with E-state index in [0.29, 0.717) is 12.0 Å². The van der Waals surface area contributed by atoms with Crippen molar-refractivity contribution in [2.75, 3.05) is 13.1 Å². The van der Waals surface area contributed by atoms with Crippen LogP contribution in [-0.2, 0) is 0 Å². The fraction of sp³-hybridized carbons (Fsp3) is 0.941. The van der Waals surface area contributed by atoms with Crippen LogP contribution in [0.5, 0.6) is 0 Å². The highest BCUT2D eigenvalue weighted by atomic mass is 15.2. The second-order valence-electron chi connectivity index (χ2n) is 7.65. The maximum atomic E-state index is 9.88. The number of nitriles is 1. The molecule has 3 heteroatoms. The average molecular weight is 273 g/mol. The summed E-state index contributed by atoms with van der Waals surface area (Å²) in [5, 5.41) is 13.6. The molecule has 1 heterocycles. The lowest BCUT2D eigenvalue weighted by Crippen LogP contribution is -2.56. The number of fused-ring (bicyclic) bond motifs is 1. The second-order valence-corrected chi connectivity index (χ2v) is 7.65. The molecule has 4 rings (SSSR count). The number of nitrogens with one attached hydrogen (secondary N) is 1. The maximum absolute atomic E-state index is 9.88. The molecule has 3 saturated carbocycles.